The van der Waals surface area contributed by atoms with E-state index in [-0.39, 0.29) is 36.4 Å². The molecular weight excluding hydrogens is 503 g/mol. The zero-order chi connectivity index (χ0) is 24.1. The molecule has 32 heavy (non-hydrogen) atoms. The van der Waals surface area contributed by atoms with Crippen molar-refractivity contribution in [1.29, 1.82) is 0 Å². The Morgan fingerprint density at radius 3 is 2.22 bits per heavy atom. The Hall–Kier alpha value is -2.82. The summed E-state index contributed by atoms with van der Waals surface area (Å²) in [6.07, 6.45) is -5.01. The number of carbonyl (C=O) groups is 1. The number of aromatic nitrogens is 2. The van der Waals surface area contributed by atoms with Crippen molar-refractivity contribution in [3.8, 4) is 16.8 Å². The van der Waals surface area contributed by atoms with Crippen molar-refractivity contribution in [3.05, 3.63) is 83.3 Å². The van der Waals surface area contributed by atoms with E-state index < -0.39 is 51.2 Å². The van der Waals surface area contributed by atoms with Gasteiger partial charge in [0.15, 0.2) is 0 Å². The zero-order valence-corrected chi connectivity index (χ0v) is 17.8. The van der Waals surface area contributed by atoms with E-state index in [0.717, 1.165) is 25.2 Å². The maximum Gasteiger partial charge on any atom is 0.431 e. The third kappa shape index (κ3) is 4.01. The normalized spacial score (nSPS) is 11.6. The number of halogens is 7. The Kier molecular flexibility index (Phi) is 6.16. The van der Waals surface area contributed by atoms with Crippen molar-refractivity contribution >= 4 is 40.8 Å². The van der Waals surface area contributed by atoms with E-state index in [1.54, 1.807) is 0 Å². The molecular formula is C19H8Cl3F4N2O4-. The van der Waals surface area contributed by atoms with E-state index >= 15 is 0 Å². The maximum atomic E-state index is 14.7. The Morgan fingerprint density at radius 1 is 1.03 bits per heavy atom. The second kappa shape index (κ2) is 8.27. The van der Waals surface area contributed by atoms with Crippen molar-refractivity contribution in [3.63, 3.8) is 0 Å². The van der Waals surface area contributed by atoms with Gasteiger partial charge >= 0.3 is 11.9 Å². The fourth-order valence-corrected chi connectivity index (χ4v) is 3.87. The molecule has 2 aromatic carbocycles. The van der Waals surface area contributed by atoms with Crippen LogP contribution >= 0.6 is 34.8 Å². The number of carboxylic acid groups (broad SMARTS) is 1. The molecule has 3 rings (SSSR count). The molecule has 0 fully saturated rings. The van der Waals surface area contributed by atoms with E-state index in [2.05, 4.69) is 0 Å². The number of alkyl halides is 3. The lowest BCUT2D eigenvalue weighted by molar-refractivity contribution is -0.255. The number of hydrogen-bond donors (Lipinski definition) is 0. The standard InChI is InChI=1S/C19H9Cl3F4N2O4/c1-27-13(19(24,25)26)6-14(29)28(18(27)32)12-4-8(10(21)5-11(12)23)15-9(20)3-2-7(16(15)22)17(30)31/h2-6H,1H3,(H,30,31)/p-1. The number of nitrogens with zero attached hydrogens (tertiary/aromatic N) is 2. The van der Waals surface area contributed by atoms with Crippen LogP contribution in [0.25, 0.3) is 16.8 Å². The minimum atomic E-state index is -5.01. The van der Waals surface area contributed by atoms with Gasteiger partial charge in [-0.25, -0.2) is 13.8 Å². The summed E-state index contributed by atoms with van der Waals surface area (Å²) < 4.78 is 54.2. The Balaban J connectivity index is 2.38. The van der Waals surface area contributed by atoms with E-state index in [1.165, 1.54) is 0 Å². The van der Waals surface area contributed by atoms with Crippen molar-refractivity contribution < 1.29 is 27.5 Å². The molecule has 0 N–H and O–H groups in total. The van der Waals surface area contributed by atoms with Crippen LogP contribution in [-0.4, -0.2) is 15.1 Å². The van der Waals surface area contributed by atoms with Crippen LogP contribution in [0.4, 0.5) is 17.6 Å². The molecule has 0 bridgehead atoms. The third-order valence-corrected chi connectivity index (χ3v) is 5.49. The fourth-order valence-electron chi connectivity index (χ4n) is 2.98. The first-order chi connectivity index (χ1) is 14.8. The molecule has 0 amide bonds. The average Bonchev–Trinajstić information content (AvgIpc) is 2.66. The van der Waals surface area contributed by atoms with Crippen LogP contribution in [0, 0.1) is 5.82 Å². The smallest absolute Gasteiger partial charge is 0.431 e. The molecule has 0 aliphatic rings. The van der Waals surface area contributed by atoms with Gasteiger partial charge in [-0.05, 0) is 18.2 Å². The molecule has 0 unspecified atom stereocenters. The highest BCUT2D eigenvalue weighted by Gasteiger charge is 2.35. The summed E-state index contributed by atoms with van der Waals surface area (Å²) in [7, 11) is 0.757. The van der Waals surface area contributed by atoms with Crippen LogP contribution in [-0.2, 0) is 13.2 Å². The zero-order valence-electron chi connectivity index (χ0n) is 15.6. The Labute approximate surface area is 190 Å². The lowest BCUT2D eigenvalue weighted by Crippen LogP contribution is -2.41. The second-order valence-corrected chi connectivity index (χ2v) is 7.59. The summed E-state index contributed by atoms with van der Waals surface area (Å²) in [5, 5.41) is 10.4. The summed E-state index contributed by atoms with van der Waals surface area (Å²) >= 11 is 18.3. The van der Waals surface area contributed by atoms with Crippen LogP contribution in [0.5, 0.6) is 0 Å². The first-order valence-corrected chi connectivity index (χ1v) is 9.48. The van der Waals surface area contributed by atoms with Gasteiger partial charge in [0.25, 0.3) is 5.56 Å². The number of benzene rings is 2. The number of aromatic carboxylic acids is 1. The summed E-state index contributed by atoms with van der Waals surface area (Å²) in [5.41, 5.74) is -6.09. The minimum Gasteiger partial charge on any atom is -0.545 e. The molecule has 0 aliphatic heterocycles. The molecule has 168 valence electrons. The molecule has 0 aliphatic carbocycles. The lowest BCUT2D eigenvalue weighted by Gasteiger charge is -2.17. The van der Waals surface area contributed by atoms with Crippen molar-refractivity contribution in [2.75, 3.05) is 0 Å². The number of rotatable bonds is 3. The molecule has 0 radical (unpaired) electrons. The van der Waals surface area contributed by atoms with Gasteiger partial charge < -0.3 is 9.90 Å². The first-order valence-electron chi connectivity index (χ1n) is 8.35. The van der Waals surface area contributed by atoms with Crippen LogP contribution in [0.15, 0.2) is 39.9 Å². The topological polar surface area (TPSA) is 84.1 Å². The second-order valence-electron chi connectivity index (χ2n) is 6.40. The minimum absolute atomic E-state index is 0.118. The van der Waals surface area contributed by atoms with Gasteiger partial charge in [0.1, 0.15) is 11.5 Å². The number of hydrogen-bond acceptors (Lipinski definition) is 4. The monoisotopic (exact) mass is 509 g/mol. The van der Waals surface area contributed by atoms with Gasteiger partial charge in [-0.2, -0.15) is 13.2 Å². The fraction of sp³-hybridized carbons (Fsp3) is 0.105. The molecule has 1 heterocycles. The molecule has 6 nitrogen and oxygen atoms in total. The summed E-state index contributed by atoms with van der Waals surface area (Å²) in [4.78, 5) is 36.1. The van der Waals surface area contributed by atoms with Crippen molar-refractivity contribution in [2.45, 2.75) is 6.18 Å². The van der Waals surface area contributed by atoms with E-state index in [9.17, 15) is 37.1 Å². The molecule has 1 aromatic heterocycles. The van der Waals surface area contributed by atoms with Crippen LogP contribution < -0.4 is 16.4 Å². The van der Waals surface area contributed by atoms with Crippen molar-refractivity contribution in [2.24, 2.45) is 7.05 Å². The predicted octanol–water partition coefficient (Wildman–Crippen LogP) is 3.68. The predicted molar refractivity (Wildman–Crippen MR) is 107 cm³/mol. The maximum absolute atomic E-state index is 14.7. The van der Waals surface area contributed by atoms with Gasteiger partial charge in [-0.3, -0.25) is 9.36 Å². The Morgan fingerprint density at radius 2 is 1.66 bits per heavy atom. The van der Waals surface area contributed by atoms with Gasteiger partial charge in [0.2, 0.25) is 0 Å². The van der Waals surface area contributed by atoms with Crippen molar-refractivity contribution in [1.82, 2.24) is 9.13 Å². The van der Waals surface area contributed by atoms with E-state index in [4.69, 9.17) is 34.8 Å². The summed E-state index contributed by atoms with van der Waals surface area (Å²) in [6.45, 7) is 0. The van der Waals surface area contributed by atoms with Gasteiger partial charge in [-0.15, -0.1) is 0 Å². The Bertz CT molecular complexity index is 1400. The SMILES string of the molecule is Cn1c(C(F)(F)F)cc(=O)n(-c2cc(-c3c(Cl)ccc(C(=O)[O-])c3Cl)c(Cl)cc2F)c1=O. The molecule has 3 aromatic rings. The highest BCUT2D eigenvalue weighted by molar-refractivity contribution is 6.42. The molecule has 13 heteroatoms. The van der Waals surface area contributed by atoms with Gasteiger partial charge in [0, 0.05) is 34.8 Å². The molecule has 0 spiro atoms. The highest BCUT2D eigenvalue weighted by atomic mass is 35.5. The average molecular weight is 511 g/mol. The first kappa shape index (κ1) is 23.8. The molecule has 0 saturated carbocycles. The van der Waals surface area contributed by atoms with Gasteiger partial charge in [0.05, 0.1) is 21.7 Å². The number of carboxylic acids is 1. The number of carbonyl (C=O) groups excluding carboxylic acids is 1. The molecule has 0 saturated heterocycles. The molecule has 0 atom stereocenters. The van der Waals surface area contributed by atoms with Crippen LogP contribution in [0.3, 0.4) is 0 Å². The van der Waals surface area contributed by atoms with E-state index in [0.29, 0.717) is 6.07 Å². The van der Waals surface area contributed by atoms with Crippen LogP contribution in [0.1, 0.15) is 16.1 Å². The summed E-state index contributed by atoms with van der Waals surface area (Å²) in [6, 6.07) is 3.86. The highest BCUT2D eigenvalue weighted by Crippen LogP contribution is 2.41. The van der Waals surface area contributed by atoms with Gasteiger partial charge in [-0.1, -0.05) is 40.9 Å². The largest absolute Gasteiger partial charge is 0.545 e. The third-order valence-electron chi connectivity index (χ3n) is 4.47. The summed E-state index contributed by atoms with van der Waals surface area (Å²) in [5.74, 6) is -2.87. The van der Waals surface area contributed by atoms with Crippen LogP contribution in [0.2, 0.25) is 15.1 Å². The van der Waals surface area contributed by atoms with E-state index in [1.807, 2.05) is 0 Å². The quantitative estimate of drug-likeness (QED) is 0.503. The lowest BCUT2D eigenvalue weighted by atomic mass is 10.0.